The van der Waals surface area contributed by atoms with Crippen LogP contribution in [0.15, 0.2) is 30.3 Å². The molecule has 0 aromatic heterocycles. The van der Waals surface area contributed by atoms with Gasteiger partial charge in [0, 0.05) is 18.8 Å². The van der Waals surface area contributed by atoms with E-state index in [0.717, 1.165) is 48.5 Å². The van der Waals surface area contributed by atoms with Gasteiger partial charge in [0.15, 0.2) is 0 Å². The zero-order chi connectivity index (χ0) is 17.1. The highest BCUT2D eigenvalue weighted by atomic mass is 19.1. The number of benzene rings is 2. The molecule has 0 atom stereocenters. The summed E-state index contributed by atoms with van der Waals surface area (Å²) < 4.78 is 25.2. The van der Waals surface area contributed by atoms with Crippen molar-refractivity contribution in [2.75, 3.05) is 13.2 Å². The molecule has 2 aliphatic rings. The second-order valence-corrected chi connectivity index (χ2v) is 6.19. The van der Waals surface area contributed by atoms with Gasteiger partial charge in [-0.25, -0.2) is 4.39 Å². The Morgan fingerprint density at radius 1 is 1.00 bits per heavy atom. The van der Waals surface area contributed by atoms with Crippen LogP contribution >= 0.6 is 0 Å². The fourth-order valence-corrected chi connectivity index (χ4v) is 3.40. The van der Waals surface area contributed by atoms with Gasteiger partial charge >= 0.3 is 0 Å². The lowest BCUT2D eigenvalue weighted by atomic mass is 9.87. The molecule has 0 N–H and O–H groups in total. The average molecular weight is 328 g/mol. The summed E-state index contributed by atoms with van der Waals surface area (Å²) in [7, 11) is 0. The minimum Gasteiger partial charge on any atom is -0.488 e. The number of hydrogen-bond acceptors (Lipinski definition) is 2. The van der Waals surface area contributed by atoms with E-state index in [-0.39, 0.29) is 5.82 Å². The maximum atomic E-state index is 14.0. The van der Waals surface area contributed by atoms with Crippen LogP contribution in [0.4, 0.5) is 4.39 Å². The third kappa shape index (κ3) is 3.18. The third-order valence-corrected chi connectivity index (χ3v) is 4.76. The third-order valence-electron chi connectivity index (χ3n) is 4.76. The van der Waals surface area contributed by atoms with Crippen LogP contribution in [-0.4, -0.2) is 13.2 Å². The first-order valence-electron chi connectivity index (χ1n) is 8.86. The van der Waals surface area contributed by atoms with Crippen molar-refractivity contribution < 1.29 is 13.9 Å². The van der Waals surface area contributed by atoms with Gasteiger partial charge in [-0.2, -0.15) is 0 Å². The molecule has 1 fully saturated rings. The van der Waals surface area contributed by atoms with Crippen molar-refractivity contribution in [2.24, 2.45) is 0 Å². The van der Waals surface area contributed by atoms with Gasteiger partial charge in [0.05, 0.1) is 0 Å². The normalized spacial score (nSPS) is 16.3. The van der Waals surface area contributed by atoms with Crippen molar-refractivity contribution >= 4 is 0 Å². The van der Waals surface area contributed by atoms with Crippen molar-refractivity contribution in [2.45, 2.75) is 46.1 Å². The summed E-state index contributed by atoms with van der Waals surface area (Å²) in [6, 6.07) is 9.95. The lowest BCUT2D eigenvalue weighted by molar-refractivity contribution is 0.0853. The van der Waals surface area contributed by atoms with Gasteiger partial charge in [-0.05, 0) is 60.1 Å². The molecule has 0 aliphatic carbocycles. The molecule has 1 saturated heterocycles. The minimum absolute atomic E-state index is 0.174. The van der Waals surface area contributed by atoms with Gasteiger partial charge < -0.3 is 9.47 Å². The fourth-order valence-electron chi connectivity index (χ4n) is 3.40. The van der Waals surface area contributed by atoms with Gasteiger partial charge in [0.1, 0.15) is 18.2 Å². The number of ether oxygens (including phenoxy) is 2. The molecule has 4 rings (SSSR count). The maximum Gasteiger partial charge on any atom is 0.128 e. The Morgan fingerprint density at radius 2 is 1.75 bits per heavy atom. The van der Waals surface area contributed by atoms with Crippen molar-refractivity contribution in [3.63, 3.8) is 0 Å². The van der Waals surface area contributed by atoms with E-state index in [1.165, 1.54) is 5.56 Å². The van der Waals surface area contributed by atoms with Gasteiger partial charge in [-0.3, -0.25) is 0 Å². The van der Waals surface area contributed by atoms with E-state index >= 15 is 0 Å². The summed E-state index contributed by atoms with van der Waals surface area (Å²) in [5.74, 6) is 1.16. The lowest BCUT2D eigenvalue weighted by Crippen LogP contribution is -2.15. The van der Waals surface area contributed by atoms with E-state index in [1.807, 2.05) is 13.8 Å². The first-order valence-corrected chi connectivity index (χ1v) is 8.86. The summed E-state index contributed by atoms with van der Waals surface area (Å²) >= 11 is 0. The van der Waals surface area contributed by atoms with Crippen molar-refractivity contribution in [3.05, 3.63) is 52.8 Å². The smallest absolute Gasteiger partial charge is 0.128 e. The predicted octanol–water partition coefficient (Wildman–Crippen LogP) is 5.61. The largest absolute Gasteiger partial charge is 0.488 e. The standard InChI is InChI=1S/C19H19FO2.C2H6/c1-12-8-19-17(10-18(12)20)16-9-14(2-3-15(16)11-22-19)13-4-6-21-7-5-13;1-2/h2-3,8-10,13H,4-7,11H2,1H3;1-2H3. The van der Waals surface area contributed by atoms with E-state index < -0.39 is 0 Å². The fraction of sp³-hybridized carbons (Fsp3) is 0.429. The Morgan fingerprint density at radius 3 is 2.50 bits per heavy atom. The molecular weight excluding hydrogens is 303 g/mol. The van der Waals surface area contributed by atoms with Gasteiger partial charge in [0.25, 0.3) is 0 Å². The molecule has 3 heteroatoms. The van der Waals surface area contributed by atoms with Crippen molar-refractivity contribution in [1.29, 1.82) is 0 Å². The summed E-state index contributed by atoms with van der Waals surface area (Å²) in [4.78, 5) is 0. The highest BCUT2D eigenvalue weighted by molar-refractivity contribution is 5.76. The molecule has 2 heterocycles. The minimum atomic E-state index is -0.174. The van der Waals surface area contributed by atoms with Gasteiger partial charge in [0.2, 0.25) is 0 Å². The molecule has 0 radical (unpaired) electrons. The zero-order valence-electron chi connectivity index (χ0n) is 14.7. The number of fused-ring (bicyclic) bond motifs is 3. The predicted molar refractivity (Wildman–Crippen MR) is 95.0 cm³/mol. The Kier molecular flexibility index (Phi) is 5.20. The summed E-state index contributed by atoms with van der Waals surface area (Å²) in [6.07, 6.45) is 2.12. The molecule has 128 valence electrons. The van der Waals surface area contributed by atoms with E-state index in [1.54, 1.807) is 19.1 Å². The van der Waals surface area contributed by atoms with Crippen LogP contribution in [0.2, 0.25) is 0 Å². The van der Waals surface area contributed by atoms with E-state index in [9.17, 15) is 4.39 Å². The Labute approximate surface area is 143 Å². The molecule has 0 bridgehead atoms. The SMILES string of the molecule is CC.Cc1cc2c(cc1F)-c1cc(C3CCOCC3)ccc1CO2. The summed E-state index contributed by atoms with van der Waals surface area (Å²) in [5, 5.41) is 0. The highest BCUT2D eigenvalue weighted by Gasteiger charge is 2.22. The molecule has 0 spiro atoms. The second-order valence-electron chi connectivity index (χ2n) is 6.19. The van der Waals surface area contributed by atoms with Gasteiger partial charge in [-0.15, -0.1) is 0 Å². The number of hydrogen-bond donors (Lipinski definition) is 0. The van der Waals surface area contributed by atoms with E-state index in [2.05, 4.69) is 18.2 Å². The second kappa shape index (κ2) is 7.35. The van der Waals surface area contributed by atoms with Crippen LogP contribution in [0.3, 0.4) is 0 Å². The van der Waals surface area contributed by atoms with Gasteiger partial charge in [-0.1, -0.05) is 32.0 Å². The van der Waals surface area contributed by atoms with Crippen LogP contribution in [0, 0.1) is 12.7 Å². The number of halogens is 1. The van der Waals surface area contributed by atoms with Crippen molar-refractivity contribution in [3.8, 4) is 16.9 Å². The van der Waals surface area contributed by atoms with Crippen LogP contribution in [0.1, 0.15) is 49.3 Å². The molecule has 0 unspecified atom stereocenters. The summed E-state index contributed by atoms with van der Waals surface area (Å²) in [6.45, 7) is 7.99. The van der Waals surface area contributed by atoms with Crippen LogP contribution in [0.25, 0.3) is 11.1 Å². The average Bonchev–Trinajstić information content (AvgIpc) is 2.65. The highest BCUT2D eigenvalue weighted by Crippen LogP contribution is 2.41. The number of rotatable bonds is 1. The van der Waals surface area contributed by atoms with E-state index in [0.29, 0.717) is 18.1 Å². The Bertz CT molecular complexity index is 718. The quantitative estimate of drug-likeness (QED) is 0.677. The Hall–Kier alpha value is -1.87. The molecule has 2 aliphatic heterocycles. The Balaban J connectivity index is 0.000000815. The van der Waals surface area contributed by atoms with Crippen LogP contribution in [0.5, 0.6) is 5.75 Å². The van der Waals surface area contributed by atoms with E-state index in [4.69, 9.17) is 9.47 Å². The first-order chi connectivity index (χ1) is 11.7. The zero-order valence-corrected chi connectivity index (χ0v) is 14.7. The first kappa shape index (κ1) is 17.0. The van der Waals surface area contributed by atoms with Crippen LogP contribution < -0.4 is 4.74 Å². The molecule has 2 aromatic rings. The van der Waals surface area contributed by atoms with Crippen molar-refractivity contribution in [1.82, 2.24) is 0 Å². The monoisotopic (exact) mass is 328 g/mol. The lowest BCUT2D eigenvalue weighted by Gasteiger charge is -2.26. The molecular formula is C21H25FO2. The number of aryl methyl sites for hydroxylation is 1. The molecule has 2 nitrogen and oxygen atoms in total. The molecule has 0 amide bonds. The summed E-state index contributed by atoms with van der Waals surface area (Å²) in [5.41, 5.74) is 5.08. The molecule has 0 saturated carbocycles. The molecule has 24 heavy (non-hydrogen) atoms. The molecule has 2 aromatic carbocycles. The van der Waals surface area contributed by atoms with Crippen LogP contribution in [-0.2, 0) is 11.3 Å². The maximum absolute atomic E-state index is 14.0. The topological polar surface area (TPSA) is 18.5 Å².